The first-order chi connectivity index (χ1) is 14.6. The monoisotopic (exact) mass is 475 g/mol. The van der Waals surface area contributed by atoms with Crippen LogP contribution in [0.25, 0.3) is 10.2 Å². The lowest BCUT2D eigenvalue weighted by Gasteiger charge is -2.22. The van der Waals surface area contributed by atoms with Crippen molar-refractivity contribution in [2.24, 2.45) is 0 Å². The van der Waals surface area contributed by atoms with Crippen LogP contribution >= 0.6 is 45.8 Å². The second kappa shape index (κ2) is 9.86. The normalized spacial score (nSPS) is 12.2. The van der Waals surface area contributed by atoms with Crippen LogP contribution in [0.4, 0.5) is 5.13 Å². The van der Waals surface area contributed by atoms with Gasteiger partial charge in [0, 0.05) is 18.5 Å². The number of nitrogens with zero attached hydrogens (tertiary/aromatic N) is 4. The third-order valence-electron chi connectivity index (χ3n) is 4.60. The van der Waals surface area contributed by atoms with E-state index >= 15 is 0 Å². The van der Waals surface area contributed by atoms with Crippen molar-refractivity contribution in [1.82, 2.24) is 20.1 Å². The molecule has 1 atom stereocenters. The Labute approximate surface area is 191 Å². The Kier molecular flexibility index (Phi) is 6.98. The Hall–Kier alpha value is -2.01. The largest absolute Gasteiger partial charge is 0.360 e. The van der Waals surface area contributed by atoms with Gasteiger partial charge < -0.3 is 10.2 Å². The van der Waals surface area contributed by atoms with Crippen molar-refractivity contribution in [2.75, 3.05) is 24.7 Å². The maximum absolute atomic E-state index is 12.7. The summed E-state index contributed by atoms with van der Waals surface area (Å²) in [6.07, 6.45) is 0.965. The van der Waals surface area contributed by atoms with Gasteiger partial charge in [-0.05, 0) is 36.9 Å². The smallest absolute Gasteiger partial charge is 0.233 e. The Morgan fingerprint density at radius 3 is 2.87 bits per heavy atom. The molecule has 0 aliphatic rings. The molecule has 0 aliphatic heterocycles. The number of carbonyl (C=O) groups excluding carboxylic acids is 1. The van der Waals surface area contributed by atoms with E-state index in [4.69, 9.17) is 0 Å². The van der Waals surface area contributed by atoms with Crippen LogP contribution in [0.1, 0.15) is 22.9 Å². The van der Waals surface area contributed by atoms with Gasteiger partial charge in [0.1, 0.15) is 5.01 Å². The number of para-hydroxylation sites is 1. The summed E-state index contributed by atoms with van der Waals surface area (Å²) in [6.45, 7) is 2.84. The van der Waals surface area contributed by atoms with Crippen LogP contribution in [0.3, 0.4) is 0 Å². The molecule has 1 unspecified atom stereocenters. The SMILES string of the molecule is CC(c1nc2ccccc2s1)N(C)C(=O)CSc1nnc(NCCc2cccs2)s1. The molecule has 0 saturated heterocycles. The highest BCUT2D eigenvalue weighted by molar-refractivity contribution is 8.01. The van der Waals surface area contributed by atoms with Crippen LogP contribution in [0.15, 0.2) is 46.1 Å². The second-order valence-electron chi connectivity index (χ2n) is 6.62. The number of thiophene rings is 1. The fourth-order valence-electron chi connectivity index (χ4n) is 2.76. The van der Waals surface area contributed by atoms with Gasteiger partial charge in [-0.25, -0.2) is 4.98 Å². The zero-order valence-corrected chi connectivity index (χ0v) is 19.8. The molecule has 3 heterocycles. The minimum atomic E-state index is -0.0700. The number of rotatable bonds is 9. The summed E-state index contributed by atoms with van der Waals surface area (Å²) in [5.41, 5.74) is 0.979. The van der Waals surface area contributed by atoms with Crippen molar-refractivity contribution in [1.29, 1.82) is 0 Å². The molecule has 156 valence electrons. The molecular weight excluding hydrogens is 455 g/mol. The van der Waals surface area contributed by atoms with Gasteiger partial charge >= 0.3 is 0 Å². The van der Waals surface area contributed by atoms with Crippen LogP contribution in [0.2, 0.25) is 0 Å². The number of anilines is 1. The summed E-state index contributed by atoms with van der Waals surface area (Å²) in [4.78, 5) is 20.5. The van der Waals surface area contributed by atoms with Gasteiger partial charge in [-0.2, -0.15) is 0 Å². The van der Waals surface area contributed by atoms with Crippen LogP contribution < -0.4 is 5.32 Å². The maximum Gasteiger partial charge on any atom is 0.233 e. The van der Waals surface area contributed by atoms with Crippen molar-refractivity contribution in [3.05, 3.63) is 51.7 Å². The predicted molar refractivity (Wildman–Crippen MR) is 128 cm³/mol. The van der Waals surface area contributed by atoms with Gasteiger partial charge in [-0.15, -0.1) is 32.9 Å². The van der Waals surface area contributed by atoms with E-state index in [1.54, 1.807) is 27.6 Å². The molecule has 30 heavy (non-hydrogen) atoms. The molecule has 6 nitrogen and oxygen atoms in total. The fraction of sp³-hybridized carbons (Fsp3) is 0.300. The van der Waals surface area contributed by atoms with Crippen LogP contribution in [0, 0.1) is 0 Å². The van der Waals surface area contributed by atoms with E-state index in [9.17, 15) is 4.79 Å². The Morgan fingerprint density at radius 2 is 2.07 bits per heavy atom. The average molecular weight is 476 g/mol. The number of aromatic nitrogens is 3. The molecule has 0 radical (unpaired) electrons. The summed E-state index contributed by atoms with van der Waals surface area (Å²) in [6, 6.07) is 12.2. The van der Waals surface area contributed by atoms with Crippen molar-refractivity contribution in [3.63, 3.8) is 0 Å². The quantitative estimate of drug-likeness (QED) is 0.337. The number of carbonyl (C=O) groups is 1. The Morgan fingerprint density at radius 1 is 1.20 bits per heavy atom. The standard InChI is InChI=1S/C20H21N5OS4/c1-13(18-22-15-7-3-4-8-16(15)29-18)25(2)17(26)12-28-20-24-23-19(30-20)21-10-9-14-6-5-11-27-14/h3-8,11,13H,9-10,12H2,1-2H3,(H,21,23). The first kappa shape index (κ1) is 21.2. The molecular formula is C20H21N5OS4. The number of benzene rings is 1. The minimum Gasteiger partial charge on any atom is -0.360 e. The maximum atomic E-state index is 12.7. The highest BCUT2D eigenvalue weighted by Crippen LogP contribution is 2.30. The molecule has 1 N–H and O–H groups in total. The highest BCUT2D eigenvalue weighted by atomic mass is 32.2. The van der Waals surface area contributed by atoms with Gasteiger partial charge in [-0.3, -0.25) is 4.79 Å². The number of thiazole rings is 1. The van der Waals surface area contributed by atoms with Gasteiger partial charge in [0.25, 0.3) is 0 Å². The first-order valence-corrected chi connectivity index (χ1v) is 12.9. The van der Waals surface area contributed by atoms with E-state index in [-0.39, 0.29) is 11.9 Å². The van der Waals surface area contributed by atoms with Gasteiger partial charge in [-0.1, -0.05) is 41.3 Å². The minimum absolute atomic E-state index is 0.0501. The van der Waals surface area contributed by atoms with Gasteiger partial charge in [0.05, 0.1) is 22.0 Å². The highest BCUT2D eigenvalue weighted by Gasteiger charge is 2.21. The van der Waals surface area contributed by atoms with Crippen molar-refractivity contribution in [2.45, 2.75) is 23.7 Å². The van der Waals surface area contributed by atoms with E-state index in [1.807, 2.05) is 32.2 Å². The number of thioether (sulfide) groups is 1. The lowest BCUT2D eigenvalue weighted by Crippen LogP contribution is -2.31. The number of hydrogen-bond donors (Lipinski definition) is 1. The van der Waals surface area contributed by atoms with Gasteiger partial charge in [0.2, 0.25) is 11.0 Å². The van der Waals surface area contributed by atoms with Crippen molar-refractivity contribution < 1.29 is 4.79 Å². The molecule has 4 aromatic rings. The fourth-order valence-corrected chi connectivity index (χ4v) is 6.24. The molecule has 1 amide bonds. The first-order valence-electron chi connectivity index (χ1n) is 9.44. The zero-order chi connectivity index (χ0) is 20.9. The lowest BCUT2D eigenvalue weighted by molar-refractivity contribution is -0.128. The predicted octanol–water partition coefficient (Wildman–Crippen LogP) is 5.18. The third-order valence-corrected chi connectivity index (χ3v) is 8.74. The van der Waals surface area contributed by atoms with Gasteiger partial charge in [0.15, 0.2) is 4.34 Å². The van der Waals surface area contributed by atoms with Crippen molar-refractivity contribution >= 4 is 67.0 Å². The van der Waals surface area contributed by atoms with E-state index in [0.717, 1.165) is 37.7 Å². The number of nitrogens with one attached hydrogen (secondary N) is 1. The molecule has 0 spiro atoms. The molecule has 10 heteroatoms. The summed E-state index contributed by atoms with van der Waals surface area (Å²) < 4.78 is 1.94. The Balaban J connectivity index is 1.27. The molecule has 4 rings (SSSR count). The van der Waals surface area contributed by atoms with Crippen LogP contribution in [0.5, 0.6) is 0 Å². The van der Waals surface area contributed by atoms with Crippen LogP contribution in [-0.4, -0.2) is 45.3 Å². The molecule has 3 aromatic heterocycles. The number of fused-ring (bicyclic) bond motifs is 1. The van der Waals surface area contributed by atoms with E-state index in [1.165, 1.54) is 28.0 Å². The second-order valence-corrected chi connectivity index (χ2v) is 10.9. The molecule has 1 aromatic carbocycles. The number of amides is 1. The Bertz CT molecular complexity index is 1070. The topological polar surface area (TPSA) is 71.0 Å². The molecule has 0 saturated carbocycles. The zero-order valence-electron chi connectivity index (χ0n) is 16.6. The summed E-state index contributed by atoms with van der Waals surface area (Å²) in [5, 5.41) is 15.5. The molecule has 0 bridgehead atoms. The third kappa shape index (κ3) is 5.18. The summed E-state index contributed by atoms with van der Waals surface area (Å²) in [5.74, 6) is 0.379. The van der Waals surface area contributed by atoms with Crippen LogP contribution in [-0.2, 0) is 11.2 Å². The molecule has 0 aliphatic carbocycles. The lowest BCUT2D eigenvalue weighted by atomic mass is 10.3. The summed E-state index contributed by atoms with van der Waals surface area (Å²) in [7, 11) is 1.83. The summed E-state index contributed by atoms with van der Waals surface area (Å²) >= 11 is 6.30. The van der Waals surface area contributed by atoms with Crippen molar-refractivity contribution in [3.8, 4) is 0 Å². The molecule has 0 fully saturated rings. The van der Waals surface area contributed by atoms with E-state index in [2.05, 4.69) is 44.1 Å². The van der Waals surface area contributed by atoms with E-state index < -0.39 is 0 Å². The number of hydrogen-bond acceptors (Lipinski definition) is 9. The van der Waals surface area contributed by atoms with E-state index in [0.29, 0.717) is 5.75 Å². The average Bonchev–Trinajstić information content (AvgIpc) is 3.51.